The Balaban J connectivity index is 4.64. The summed E-state index contributed by atoms with van der Waals surface area (Å²) in [5, 5.41) is 18.0. The minimum absolute atomic E-state index is 0.511. The van der Waals surface area contributed by atoms with E-state index >= 15 is 0 Å². The number of rotatable bonds is 12. The summed E-state index contributed by atoms with van der Waals surface area (Å²) in [6, 6.07) is 0. The number of allylic oxidation sites excluding steroid dienone is 19. The molecule has 0 saturated carbocycles. The van der Waals surface area contributed by atoms with Gasteiger partial charge in [0.2, 0.25) is 0 Å². The van der Waals surface area contributed by atoms with Gasteiger partial charge in [-0.1, -0.05) is 113 Å². The molecular formula is C30H42O2. The summed E-state index contributed by atoms with van der Waals surface area (Å²) in [5.74, 6) is 0. The molecule has 0 spiro atoms. The molecule has 0 rings (SSSR count). The lowest BCUT2D eigenvalue weighted by Gasteiger charge is -1.99. The van der Waals surface area contributed by atoms with Crippen molar-refractivity contribution in [3.8, 4) is 0 Å². The van der Waals surface area contributed by atoms with Crippen LogP contribution in [0.25, 0.3) is 0 Å². The van der Waals surface area contributed by atoms with E-state index < -0.39 is 6.29 Å². The van der Waals surface area contributed by atoms with Crippen molar-refractivity contribution in [1.29, 1.82) is 0 Å². The van der Waals surface area contributed by atoms with E-state index in [2.05, 4.69) is 83.2 Å². The second kappa shape index (κ2) is 17.9. The molecule has 2 nitrogen and oxygen atoms in total. The first-order chi connectivity index (χ1) is 15.1. The zero-order chi connectivity index (χ0) is 24.4. The van der Waals surface area contributed by atoms with E-state index in [1.54, 1.807) is 13.0 Å². The largest absolute Gasteiger partial charge is 0.365 e. The van der Waals surface area contributed by atoms with Gasteiger partial charge in [-0.2, -0.15) is 0 Å². The minimum Gasteiger partial charge on any atom is -0.365 e. The van der Waals surface area contributed by atoms with Gasteiger partial charge in [0.15, 0.2) is 6.29 Å². The third-order valence-electron chi connectivity index (χ3n) is 4.50. The Hall–Kier alpha value is -2.68. The third kappa shape index (κ3) is 18.1. The molecule has 0 heterocycles. The lowest BCUT2D eigenvalue weighted by molar-refractivity contribution is -0.00760. The molecule has 2 N–H and O–H groups in total. The molecule has 0 aliphatic rings. The van der Waals surface area contributed by atoms with Crippen molar-refractivity contribution in [2.45, 2.75) is 67.6 Å². The van der Waals surface area contributed by atoms with Crippen LogP contribution in [-0.4, -0.2) is 16.5 Å². The Morgan fingerprint density at radius 2 is 1.03 bits per heavy atom. The van der Waals surface area contributed by atoms with E-state index in [1.807, 2.05) is 37.3 Å². The quantitative estimate of drug-likeness (QED) is 0.185. The average molecular weight is 435 g/mol. The molecule has 0 fully saturated rings. The zero-order valence-corrected chi connectivity index (χ0v) is 21.0. The van der Waals surface area contributed by atoms with Gasteiger partial charge < -0.3 is 10.2 Å². The monoisotopic (exact) mass is 434 g/mol. The lowest BCUT2D eigenvalue weighted by Crippen LogP contribution is -2.04. The zero-order valence-electron chi connectivity index (χ0n) is 21.0. The summed E-state index contributed by atoms with van der Waals surface area (Å²) in [5.41, 5.74) is 6.72. The predicted octanol–water partition coefficient (Wildman–Crippen LogP) is 8.00. The van der Waals surface area contributed by atoms with E-state index in [9.17, 15) is 0 Å². The highest BCUT2D eigenvalue weighted by Gasteiger charge is 1.96. The number of aliphatic hydroxyl groups is 2. The molecular weight excluding hydrogens is 392 g/mol. The van der Waals surface area contributed by atoms with Gasteiger partial charge in [-0.15, -0.1) is 0 Å². The Morgan fingerprint density at radius 1 is 0.594 bits per heavy atom. The standard InChI is InChI=1S/C30H42O2/c1-24(2)14-10-17-27(5)20-11-18-25(3)15-8-9-16-26(4)19-12-21-28(6)22-13-23-29(7)30(31)32/h8-9,11-16,18-23,30-32H,10,17H2,1-7H3/b9-8+,18-11+,19-12+,22-13+,25-15+,26-16+,27-20+,28-21+,29-23+. The van der Waals surface area contributed by atoms with Crippen LogP contribution in [0.15, 0.2) is 119 Å². The van der Waals surface area contributed by atoms with Crippen LogP contribution in [0.2, 0.25) is 0 Å². The van der Waals surface area contributed by atoms with E-state index in [0.29, 0.717) is 5.57 Å². The van der Waals surface area contributed by atoms with E-state index in [1.165, 1.54) is 16.7 Å². The van der Waals surface area contributed by atoms with Crippen LogP contribution in [0, 0.1) is 0 Å². The van der Waals surface area contributed by atoms with Gasteiger partial charge in [0.1, 0.15) is 0 Å². The van der Waals surface area contributed by atoms with Gasteiger partial charge in [0.25, 0.3) is 0 Å². The molecule has 0 amide bonds. The first kappa shape index (κ1) is 29.3. The van der Waals surface area contributed by atoms with Crippen molar-refractivity contribution in [3.63, 3.8) is 0 Å². The normalized spacial score (nSPS) is 15.4. The van der Waals surface area contributed by atoms with E-state index in [-0.39, 0.29) is 0 Å². The van der Waals surface area contributed by atoms with E-state index in [0.717, 1.165) is 24.0 Å². The summed E-state index contributed by atoms with van der Waals surface area (Å²) in [6.07, 6.45) is 29.3. The first-order valence-electron chi connectivity index (χ1n) is 11.2. The molecule has 0 bridgehead atoms. The van der Waals surface area contributed by atoms with Crippen molar-refractivity contribution in [2.24, 2.45) is 0 Å². The van der Waals surface area contributed by atoms with Crippen molar-refractivity contribution >= 4 is 0 Å². The number of aliphatic hydroxyl groups excluding tert-OH is 1. The Morgan fingerprint density at radius 3 is 1.50 bits per heavy atom. The molecule has 0 unspecified atom stereocenters. The van der Waals surface area contributed by atoms with Crippen LogP contribution in [0.4, 0.5) is 0 Å². The highest BCUT2D eigenvalue weighted by molar-refractivity contribution is 5.31. The predicted molar refractivity (Wildman–Crippen MR) is 142 cm³/mol. The van der Waals surface area contributed by atoms with Crippen LogP contribution in [0.5, 0.6) is 0 Å². The maximum Gasteiger partial charge on any atom is 0.174 e. The van der Waals surface area contributed by atoms with E-state index in [4.69, 9.17) is 10.2 Å². The fourth-order valence-corrected chi connectivity index (χ4v) is 2.41. The molecule has 0 aliphatic heterocycles. The highest BCUT2D eigenvalue weighted by Crippen LogP contribution is 2.07. The second-order valence-electron chi connectivity index (χ2n) is 8.31. The van der Waals surface area contributed by atoms with Gasteiger partial charge in [-0.05, 0) is 66.9 Å². The molecule has 0 aromatic carbocycles. The summed E-state index contributed by atoms with van der Waals surface area (Å²) >= 11 is 0. The molecule has 0 radical (unpaired) electrons. The summed E-state index contributed by atoms with van der Waals surface area (Å²) in [4.78, 5) is 0. The fourth-order valence-electron chi connectivity index (χ4n) is 2.41. The van der Waals surface area contributed by atoms with Crippen molar-refractivity contribution < 1.29 is 10.2 Å². The van der Waals surface area contributed by atoms with Gasteiger partial charge in [-0.3, -0.25) is 0 Å². The minimum atomic E-state index is -1.40. The van der Waals surface area contributed by atoms with Gasteiger partial charge in [0, 0.05) is 0 Å². The first-order valence-corrected chi connectivity index (χ1v) is 11.2. The Kier molecular flexibility index (Phi) is 16.4. The smallest absolute Gasteiger partial charge is 0.174 e. The van der Waals surface area contributed by atoms with Crippen LogP contribution in [-0.2, 0) is 0 Å². The molecule has 32 heavy (non-hydrogen) atoms. The lowest BCUT2D eigenvalue weighted by atomic mass is 10.1. The van der Waals surface area contributed by atoms with Crippen LogP contribution >= 0.6 is 0 Å². The molecule has 2 heteroatoms. The molecule has 0 saturated heterocycles. The SMILES string of the molecule is CC(C)=CCC/C(C)=C/C=C/C(C)=C/C=C/C=C(C)/C=C/C=C(C)/C=C/C=C(\C)C(O)O. The highest BCUT2D eigenvalue weighted by atomic mass is 16.5. The van der Waals surface area contributed by atoms with Crippen molar-refractivity contribution in [1.82, 2.24) is 0 Å². The number of hydrogen-bond donors (Lipinski definition) is 2. The van der Waals surface area contributed by atoms with Gasteiger partial charge in [0.05, 0.1) is 0 Å². The summed E-state index contributed by atoms with van der Waals surface area (Å²) in [6.45, 7) is 14.3. The Bertz CT molecular complexity index is 857. The van der Waals surface area contributed by atoms with Crippen LogP contribution in [0.3, 0.4) is 0 Å². The molecule has 0 aliphatic carbocycles. The van der Waals surface area contributed by atoms with Gasteiger partial charge in [-0.25, -0.2) is 0 Å². The number of hydrogen-bond acceptors (Lipinski definition) is 2. The summed E-state index contributed by atoms with van der Waals surface area (Å²) in [7, 11) is 0. The second-order valence-corrected chi connectivity index (χ2v) is 8.31. The molecule has 0 aromatic heterocycles. The molecule has 0 aromatic rings. The maximum absolute atomic E-state index is 9.01. The van der Waals surface area contributed by atoms with Crippen molar-refractivity contribution in [2.75, 3.05) is 0 Å². The van der Waals surface area contributed by atoms with Crippen LogP contribution < -0.4 is 0 Å². The summed E-state index contributed by atoms with van der Waals surface area (Å²) < 4.78 is 0. The third-order valence-corrected chi connectivity index (χ3v) is 4.50. The Labute approximate surface area is 196 Å². The average Bonchev–Trinajstić information content (AvgIpc) is 2.70. The fraction of sp³-hybridized carbons (Fsp3) is 0.333. The topological polar surface area (TPSA) is 40.5 Å². The van der Waals surface area contributed by atoms with Gasteiger partial charge >= 0.3 is 0 Å². The van der Waals surface area contributed by atoms with Crippen molar-refractivity contribution in [3.05, 3.63) is 119 Å². The maximum atomic E-state index is 9.01. The molecule has 0 atom stereocenters. The van der Waals surface area contributed by atoms with Crippen LogP contribution in [0.1, 0.15) is 61.3 Å². The molecule has 174 valence electrons.